The van der Waals surface area contributed by atoms with Gasteiger partial charge in [0.05, 0.1) is 19.3 Å². The summed E-state index contributed by atoms with van der Waals surface area (Å²) in [6, 6.07) is 1.72. The number of hydrogen-bond acceptors (Lipinski definition) is 6. The fraction of sp³-hybridized carbons (Fsp3) is 0.500. The van der Waals surface area contributed by atoms with Crippen molar-refractivity contribution in [2.24, 2.45) is 0 Å². The number of ether oxygens (including phenoxy) is 1. The second-order valence-electron chi connectivity index (χ2n) is 4.09. The van der Waals surface area contributed by atoms with E-state index >= 15 is 0 Å². The molecular weight excluding hydrogens is 284 g/mol. The molecule has 0 aromatic carbocycles. The molecule has 1 aromatic rings. The number of nitrogens with one attached hydrogen (secondary N) is 1. The first kappa shape index (κ1) is 14.4. The van der Waals surface area contributed by atoms with Crippen LogP contribution in [-0.4, -0.2) is 55.0 Å². The molecule has 0 bridgehead atoms. The maximum atomic E-state index is 11.9. The molecule has 1 aliphatic rings. The van der Waals surface area contributed by atoms with Crippen LogP contribution in [0.3, 0.4) is 0 Å². The molecule has 0 radical (unpaired) electrons. The summed E-state index contributed by atoms with van der Waals surface area (Å²) < 4.78 is 4.67. The lowest BCUT2D eigenvalue weighted by Gasteiger charge is -2.25. The first-order valence-electron chi connectivity index (χ1n) is 5.96. The van der Waals surface area contributed by atoms with E-state index in [2.05, 4.69) is 15.0 Å². The molecule has 1 fully saturated rings. The van der Waals surface area contributed by atoms with Gasteiger partial charge in [-0.25, -0.2) is 4.79 Å². The summed E-state index contributed by atoms with van der Waals surface area (Å²) in [7, 11) is 1.33. The van der Waals surface area contributed by atoms with Crippen LogP contribution in [0.25, 0.3) is 0 Å². The molecule has 1 aromatic heterocycles. The minimum absolute atomic E-state index is 0.0875. The van der Waals surface area contributed by atoms with Gasteiger partial charge in [-0.1, -0.05) is 0 Å². The SMILES string of the molecule is COC(=O)c1sccc1NC(=O)CN1CCSCC1. The number of carbonyl (C=O) groups excluding carboxylic acids is 2. The standard InChI is InChI=1S/C12H16N2O3S2/c1-17-12(16)11-9(2-5-19-11)13-10(15)8-14-3-6-18-7-4-14/h2,5H,3-4,6-8H2,1H3,(H,13,15). The lowest BCUT2D eigenvalue weighted by atomic mass is 10.3. The van der Waals surface area contributed by atoms with E-state index in [-0.39, 0.29) is 5.91 Å². The van der Waals surface area contributed by atoms with Gasteiger partial charge >= 0.3 is 5.97 Å². The summed E-state index contributed by atoms with van der Waals surface area (Å²) in [5.41, 5.74) is 0.535. The van der Waals surface area contributed by atoms with E-state index in [1.165, 1.54) is 18.4 Å². The molecule has 0 saturated carbocycles. The number of thiophene rings is 1. The van der Waals surface area contributed by atoms with Crippen molar-refractivity contribution in [1.82, 2.24) is 4.90 Å². The van der Waals surface area contributed by atoms with Gasteiger partial charge < -0.3 is 10.1 Å². The van der Waals surface area contributed by atoms with Crippen molar-refractivity contribution >= 4 is 40.7 Å². The summed E-state index contributed by atoms with van der Waals surface area (Å²) >= 11 is 3.17. The van der Waals surface area contributed by atoms with Crippen molar-refractivity contribution < 1.29 is 14.3 Å². The summed E-state index contributed by atoms with van der Waals surface area (Å²) in [5.74, 6) is 1.63. The highest BCUT2D eigenvalue weighted by Gasteiger charge is 2.18. The first-order valence-corrected chi connectivity index (χ1v) is 8.00. The Balaban J connectivity index is 1.91. The monoisotopic (exact) mass is 300 g/mol. The third-order valence-electron chi connectivity index (χ3n) is 2.78. The second kappa shape index (κ2) is 6.93. The Morgan fingerprint density at radius 2 is 2.16 bits per heavy atom. The third kappa shape index (κ3) is 3.95. The molecule has 2 rings (SSSR count). The van der Waals surface area contributed by atoms with Gasteiger partial charge in [0.15, 0.2) is 0 Å². The van der Waals surface area contributed by atoms with E-state index < -0.39 is 5.97 Å². The normalized spacial score (nSPS) is 16.1. The Morgan fingerprint density at radius 3 is 2.84 bits per heavy atom. The number of anilines is 1. The van der Waals surface area contributed by atoms with Crippen molar-refractivity contribution in [2.75, 3.05) is 43.6 Å². The predicted octanol–water partition coefficient (Wildman–Crippen LogP) is 1.52. The van der Waals surface area contributed by atoms with Crippen molar-refractivity contribution in [1.29, 1.82) is 0 Å². The van der Waals surface area contributed by atoms with E-state index in [0.717, 1.165) is 24.6 Å². The van der Waals surface area contributed by atoms with Gasteiger partial charge in [-0.3, -0.25) is 9.69 Å². The highest BCUT2D eigenvalue weighted by molar-refractivity contribution is 7.99. The number of amides is 1. The quantitative estimate of drug-likeness (QED) is 0.855. The lowest BCUT2D eigenvalue weighted by molar-refractivity contribution is -0.117. The Labute approximate surface area is 120 Å². The molecule has 104 valence electrons. The van der Waals surface area contributed by atoms with Gasteiger partial charge in [0, 0.05) is 24.6 Å². The zero-order valence-corrected chi connectivity index (χ0v) is 12.3. The summed E-state index contributed by atoms with van der Waals surface area (Å²) in [4.78, 5) is 26.0. The fourth-order valence-corrected chi connectivity index (χ4v) is 3.56. The average molecular weight is 300 g/mol. The van der Waals surface area contributed by atoms with Crippen LogP contribution in [0.4, 0.5) is 5.69 Å². The molecule has 0 atom stereocenters. The second-order valence-corrected chi connectivity index (χ2v) is 6.23. The number of carbonyl (C=O) groups is 2. The highest BCUT2D eigenvalue weighted by atomic mass is 32.2. The molecule has 7 heteroatoms. The largest absolute Gasteiger partial charge is 0.465 e. The van der Waals surface area contributed by atoms with Gasteiger partial charge in [0.25, 0.3) is 0 Å². The van der Waals surface area contributed by atoms with Crippen LogP contribution in [0.1, 0.15) is 9.67 Å². The highest BCUT2D eigenvalue weighted by Crippen LogP contribution is 2.23. The lowest BCUT2D eigenvalue weighted by Crippen LogP contribution is -2.38. The summed E-state index contributed by atoms with van der Waals surface area (Å²) in [6.07, 6.45) is 0. The van der Waals surface area contributed by atoms with E-state index in [1.54, 1.807) is 11.4 Å². The molecule has 1 amide bonds. The third-order valence-corrected chi connectivity index (χ3v) is 4.62. The number of hydrogen-bond donors (Lipinski definition) is 1. The Kier molecular flexibility index (Phi) is 5.24. The van der Waals surface area contributed by atoms with Gasteiger partial charge in [-0.2, -0.15) is 11.8 Å². The maximum absolute atomic E-state index is 11.9. The van der Waals surface area contributed by atoms with E-state index in [4.69, 9.17) is 0 Å². The number of methoxy groups -OCH3 is 1. The van der Waals surface area contributed by atoms with Crippen LogP contribution in [0.15, 0.2) is 11.4 Å². The number of rotatable bonds is 4. The fourth-order valence-electron chi connectivity index (χ4n) is 1.81. The molecule has 0 aliphatic carbocycles. The summed E-state index contributed by atoms with van der Waals surface area (Å²) in [5, 5.41) is 4.54. The Morgan fingerprint density at radius 1 is 1.42 bits per heavy atom. The maximum Gasteiger partial charge on any atom is 0.350 e. The molecule has 1 aliphatic heterocycles. The van der Waals surface area contributed by atoms with Crippen LogP contribution in [-0.2, 0) is 9.53 Å². The van der Waals surface area contributed by atoms with Crippen LogP contribution < -0.4 is 5.32 Å². The molecule has 0 spiro atoms. The van der Waals surface area contributed by atoms with E-state index in [9.17, 15) is 9.59 Å². The van der Waals surface area contributed by atoms with E-state index in [0.29, 0.717) is 17.1 Å². The molecule has 1 N–H and O–H groups in total. The van der Waals surface area contributed by atoms with Crippen molar-refractivity contribution in [2.45, 2.75) is 0 Å². The molecule has 2 heterocycles. The van der Waals surface area contributed by atoms with Gasteiger partial charge in [-0.15, -0.1) is 11.3 Å². The van der Waals surface area contributed by atoms with Crippen LogP contribution in [0, 0.1) is 0 Å². The Bertz CT molecular complexity index is 456. The minimum Gasteiger partial charge on any atom is -0.465 e. The van der Waals surface area contributed by atoms with E-state index in [1.807, 2.05) is 11.8 Å². The summed E-state index contributed by atoms with van der Waals surface area (Å²) in [6.45, 7) is 2.24. The number of thioether (sulfide) groups is 1. The van der Waals surface area contributed by atoms with Crippen molar-refractivity contribution in [3.63, 3.8) is 0 Å². The topological polar surface area (TPSA) is 58.6 Å². The number of esters is 1. The van der Waals surface area contributed by atoms with Crippen LogP contribution >= 0.6 is 23.1 Å². The zero-order chi connectivity index (χ0) is 13.7. The molecular formula is C12H16N2O3S2. The van der Waals surface area contributed by atoms with Gasteiger partial charge in [0.2, 0.25) is 5.91 Å². The van der Waals surface area contributed by atoms with Gasteiger partial charge in [-0.05, 0) is 11.4 Å². The van der Waals surface area contributed by atoms with Crippen molar-refractivity contribution in [3.8, 4) is 0 Å². The average Bonchev–Trinajstić information content (AvgIpc) is 2.87. The van der Waals surface area contributed by atoms with Crippen molar-refractivity contribution in [3.05, 3.63) is 16.3 Å². The molecule has 0 unspecified atom stereocenters. The number of nitrogens with zero attached hydrogens (tertiary/aromatic N) is 1. The predicted molar refractivity (Wildman–Crippen MR) is 78.1 cm³/mol. The first-order chi connectivity index (χ1) is 9.20. The van der Waals surface area contributed by atoms with Crippen LogP contribution in [0.2, 0.25) is 0 Å². The molecule has 1 saturated heterocycles. The van der Waals surface area contributed by atoms with Crippen LogP contribution in [0.5, 0.6) is 0 Å². The molecule has 19 heavy (non-hydrogen) atoms. The zero-order valence-electron chi connectivity index (χ0n) is 10.7. The van der Waals surface area contributed by atoms with Gasteiger partial charge in [0.1, 0.15) is 4.88 Å². The molecule has 5 nitrogen and oxygen atoms in total. The smallest absolute Gasteiger partial charge is 0.350 e. The minimum atomic E-state index is -0.417. The Hall–Kier alpha value is -1.05.